The number of ether oxygens (including phenoxy) is 1. The Bertz CT molecular complexity index is 557. The van der Waals surface area contributed by atoms with Crippen molar-refractivity contribution >= 4 is 44.5 Å². The number of hydrogen-bond acceptors (Lipinski definition) is 5. The van der Waals surface area contributed by atoms with Crippen molar-refractivity contribution in [2.45, 2.75) is 0 Å². The number of hydrogen-bond donors (Lipinski definition) is 2. The molecule has 20 heavy (non-hydrogen) atoms. The monoisotopic (exact) mass is 356 g/mol. The first-order chi connectivity index (χ1) is 9.60. The highest BCUT2D eigenvalue weighted by molar-refractivity contribution is 9.10. The molecular formula is C12H13BrN4O2S. The quantitative estimate of drug-likeness (QED) is 0.373. The molecule has 0 aliphatic heterocycles. The number of rotatable bonds is 4. The fourth-order valence-electron chi connectivity index (χ4n) is 1.17. The summed E-state index contributed by atoms with van der Waals surface area (Å²) in [7, 11) is 1.54. The SMILES string of the molecule is CNC(=O)COc1ccc(Br)c(N=C(NC#N)SC)c1. The fraction of sp³-hybridized carbons (Fsp3) is 0.250. The fourth-order valence-corrected chi connectivity index (χ4v) is 1.84. The maximum Gasteiger partial charge on any atom is 0.257 e. The zero-order chi connectivity index (χ0) is 15.0. The smallest absolute Gasteiger partial charge is 0.257 e. The molecule has 1 rings (SSSR count). The zero-order valence-electron chi connectivity index (χ0n) is 10.9. The predicted octanol–water partition coefficient (Wildman–Crippen LogP) is 2.00. The highest BCUT2D eigenvalue weighted by atomic mass is 79.9. The summed E-state index contributed by atoms with van der Waals surface area (Å²) < 4.78 is 6.10. The van der Waals surface area contributed by atoms with Crippen LogP contribution in [0.4, 0.5) is 5.69 Å². The maximum atomic E-state index is 11.1. The van der Waals surface area contributed by atoms with Crippen molar-refractivity contribution in [3.05, 3.63) is 22.7 Å². The van der Waals surface area contributed by atoms with Gasteiger partial charge < -0.3 is 10.1 Å². The van der Waals surface area contributed by atoms with Gasteiger partial charge in [-0.1, -0.05) is 11.8 Å². The summed E-state index contributed by atoms with van der Waals surface area (Å²) in [5.74, 6) is 0.307. The summed E-state index contributed by atoms with van der Waals surface area (Å²) in [6.07, 6.45) is 3.63. The maximum absolute atomic E-state index is 11.1. The van der Waals surface area contributed by atoms with Crippen molar-refractivity contribution in [1.29, 1.82) is 5.26 Å². The predicted molar refractivity (Wildman–Crippen MR) is 83.1 cm³/mol. The van der Waals surface area contributed by atoms with Gasteiger partial charge in [0.15, 0.2) is 18.0 Å². The first kappa shape index (κ1) is 16.3. The molecule has 0 radical (unpaired) electrons. The Morgan fingerprint density at radius 2 is 2.35 bits per heavy atom. The van der Waals surface area contributed by atoms with Gasteiger partial charge in [-0.05, 0) is 34.3 Å². The summed E-state index contributed by atoms with van der Waals surface area (Å²) >= 11 is 4.69. The molecule has 1 aromatic rings. The van der Waals surface area contributed by atoms with Crippen LogP contribution in [0, 0.1) is 11.5 Å². The number of benzene rings is 1. The molecule has 0 saturated carbocycles. The minimum absolute atomic E-state index is 0.0624. The highest BCUT2D eigenvalue weighted by Crippen LogP contribution is 2.30. The van der Waals surface area contributed by atoms with E-state index in [-0.39, 0.29) is 12.5 Å². The van der Waals surface area contributed by atoms with E-state index in [1.165, 1.54) is 11.8 Å². The van der Waals surface area contributed by atoms with Crippen LogP contribution in [0.1, 0.15) is 0 Å². The molecule has 0 aromatic heterocycles. The largest absolute Gasteiger partial charge is 0.484 e. The molecule has 1 aromatic carbocycles. The molecule has 2 N–H and O–H groups in total. The van der Waals surface area contributed by atoms with Crippen LogP contribution in [0.3, 0.4) is 0 Å². The van der Waals surface area contributed by atoms with Crippen LogP contribution in [0.15, 0.2) is 27.7 Å². The molecule has 0 fully saturated rings. The average Bonchev–Trinajstić information content (AvgIpc) is 2.46. The standard InChI is InChI=1S/C12H13BrN4O2S/c1-15-11(18)6-19-8-3-4-9(13)10(5-8)17-12(20-2)16-7-14/h3-5H,6H2,1-2H3,(H,15,18)(H,16,17). The molecule has 6 nitrogen and oxygen atoms in total. The molecule has 0 heterocycles. The minimum Gasteiger partial charge on any atom is -0.484 e. The summed E-state index contributed by atoms with van der Waals surface area (Å²) in [6, 6.07) is 5.17. The second kappa shape index (κ2) is 8.45. The normalized spacial score (nSPS) is 10.6. The van der Waals surface area contributed by atoms with Crippen molar-refractivity contribution in [3.8, 4) is 11.9 Å². The molecular weight excluding hydrogens is 344 g/mol. The average molecular weight is 357 g/mol. The van der Waals surface area contributed by atoms with Gasteiger partial charge in [0.2, 0.25) is 0 Å². The highest BCUT2D eigenvalue weighted by Gasteiger charge is 2.05. The topological polar surface area (TPSA) is 86.5 Å². The van der Waals surface area contributed by atoms with E-state index in [4.69, 9.17) is 10.00 Å². The number of nitrogens with one attached hydrogen (secondary N) is 2. The molecule has 0 aliphatic rings. The van der Waals surface area contributed by atoms with Gasteiger partial charge in [0.25, 0.3) is 5.91 Å². The Balaban J connectivity index is 2.91. The summed E-state index contributed by atoms with van der Waals surface area (Å²) in [5.41, 5.74) is 0.603. The van der Waals surface area contributed by atoms with Gasteiger partial charge in [-0.3, -0.25) is 10.1 Å². The van der Waals surface area contributed by atoms with Gasteiger partial charge in [0, 0.05) is 17.6 Å². The molecule has 0 spiro atoms. The first-order valence-electron chi connectivity index (χ1n) is 5.51. The zero-order valence-corrected chi connectivity index (χ0v) is 13.3. The molecule has 0 atom stereocenters. The number of amides is 1. The van der Waals surface area contributed by atoms with E-state index < -0.39 is 0 Å². The second-order valence-electron chi connectivity index (χ2n) is 3.43. The summed E-state index contributed by atoms with van der Waals surface area (Å²) in [5, 5.41) is 14.0. The third-order valence-electron chi connectivity index (χ3n) is 2.14. The number of aliphatic imine (C=N–C) groups is 1. The van der Waals surface area contributed by atoms with E-state index in [9.17, 15) is 4.79 Å². The second-order valence-corrected chi connectivity index (χ2v) is 5.08. The number of amidine groups is 1. The van der Waals surface area contributed by atoms with Crippen molar-refractivity contribution in [2.75, 3.05) is 19.9 Å². The number of carbonyl (C=O) groups excluding carboxylic acids is 1. The first-order valence-corrected chi connectivity index (χ1v) is 7.53. The molecule has 106 valence electrons. The minimum atomic E-state index is -0.214. The van der Waals surface area contributed by atoms with Gasteiger partial charge in [-0.2, -0.15) is 5.26 Å². The van der Waals surface area contributed by atoms with Crippen LogP contribution in [0.2, 0.25) is 0 Å². The summed E-state index contributed by atoms with van der Waals surface area (Å²) in [6.45, 7) is -0.0624. The molecule has 0 bridgehead atoms. The van der Waals surface area contributed by atoms with Crippen LogP contribution in [0.25, 0.3) is 0 Å². The van der Waals surface area contributed by atoms with Crippen molar-refractivity contribution in [1.82, 2.24) is 10.6 Å². The number of thioether (sulfide) groups is 1. The van der Waals surface area contributed by atoms with E-state index in [1.807, 2.05) is 12.4 Å². The molecule has 0 unspecified atom stereocenters. The van der Waals surface area contributed by atoms with Crippen LogP contribution in [-0.4, -0.2) is 31.0 Å². The van der Waals surface area contributed by atoms with Crippen LogP contribution in [-0.2, 0) is 4.79 Å². The number of halogens is 1. The summed E-state index contributed by atoms with van der Waals surface area (Å²) in [4.78, 5) is 15.4. The molecule has 8 heteroatoms. The van der Waals surface area contributed by atoms with Crippen molar-refractivity contribution in [2.24, 2.45) is 4.99 Å². The van der Waals surface area contributed by atoms with Gasteiger partial charge in [0.05, 0.1) is 5.69 Å². The molecule has 0 saturated heterocycles. The lowest BCUT2D eigenvalue weighted by molar-refractivity contribution is -0.122. The van der Waals surface area contributed by atoms with Crippen LogP contribution >= 0.6 is 27.7 Å². The van der Waals surface area contributed by atoms with Crippen LogP contribution in [0.5, 0.6) is 5.75 Å². The Hall–Kier alpha value is -1.72. The van der Waals surface area contributed by atoms with E-state index in [1.54, 1.807) is 25.2 Å². The number of likely N-dealkylation sites (N-methyl/N-ethyl adjacent to an activating group) is 1. The Labute approximate surface area is 129 Å². The van der Waals surface area contributed by atoms with Gasteiger partial charge in [-0.15, -0.1) is 0 Å². The molecule has 1 amide bonds. The van der Waals surface area contributed by atoms with Gasteiger partial charge in [0.1, 0.15) is 5.75 Å². The number of nitriles is 1. The Morgan fingerprint density at radius 3 is 2.95 bits per heavy atom. The number of nitrogens with zero attached hydrogens (tertiary/aromatic N) is 2. The lowest BCUT2D eigenvalue weighted by Gasteiger charge is -2.07. The Morgan fingerprint density at radius 1 is 1.60 bits per heavy atom. The molecule has 0 aliphatic carbocycles. The third kappa shape index (κ3) is 5.11. The Kier molecular flexibility index (Phi) is 6.90. The number of carbonyl (C=O) groups is 1. The van der Waals surface area contributed by atoms with E-state index in [0.29, 0.717) is 16.6 Å². The van der Waals surface area contributed by atoms with Gasteiger partial charge >= 0.3 is 0 Å². The van der Waals surface area contributed by atoms with E-state index in [2.05, 4.69) is 31.6 Å². The lowest BCUT2D eigenvalue weighted by Crippen LogP contribution is -2.24. The van der Waals surface area contributed by atoms with E-state index in [0.717, 1.165) is 4.47 Å². The lowest BCUT2D eigenvalue weighted by atomic mass is 10.3. The van der Waals surface area contributed by atoms with Gasteiger partial charge in [-0.25, -0.2) is 4.99 Å². The third-order valence-corrected chi connectivity index (χ3v) is 3.40. The van der Waals surface area contributed by atoms with Crippen molar-refractivity contribution in [3.63, 3.8) is 0 Å². The van der Waals surface area contributed by atoms with E-state index >= 15 is 0 Å². The van der Waals surface area contributed by atoms with Crippen molar-refractivity contribution < 1.29 is 9.53 Å². The van der Waals surface area contributed by atoms with Crippen LogP contribution < -0.4 is 15.4 Å².